The van der Waals surface area contributed by atoms with Crippen LogP contribution in [0.25, 0.3) is 0 Å². The first-order chi connectivity index (χ1) is 7.29. The van der Waals surface area contributed by atoms with E-state index < -0.39 is 0 Å². The third kappa shape index (κ3) is 0.980. The van der Waals surface area contributed by atoms with Crippen LogP contribution in [0, 0.1) is 29.6 Å². The third-order valence-corrected chi connectivity index (χ3v) is 5.71. The van der Waals surface area contributed by atoms with E-state index in [0.29, 0.717) is 0 Å². The molecule has 0 N–H and O–H groups in total. The Labute approximate surface area is 91.3 Å². The number of rotatable bonds is 0. The molecule has 1 heterocycles. The molecule has 4 aliphatic carbocycles. The monoisotopic (exact) mass is 208 g/mol. The smallest absolute Gasteiger partial charge is 0.174 e. The molecule has 5 rings (SSSR count). The molecule has 2 nitrogen and oxygen atoms in total. The molecule has 4 bridgehead atoms. The van der Waals surface area contributed by atoms with Gasteiger partial charge < -0.3 is 9.47 Å². The third-order valence-electron chi connectivity index (χ3n) is 5.71. The zero-order valence-corrected chi connectivity index (χ0v) is 9.45. The lowest BCUT2D eigenvalue weighted by Gasteiger charge is -2.60. The summed E-state index contributed by atoms with van der Waals surface area (Å²) in [7, 11) is 0. The van der Waals surface area contributed by atoms with E-state index in [4.69, 9.17) is 9.47 Å². The zero-order valence-electron chi connectivity index (χ0n) is 9.45. The van der Waals surface area contributed by atoms with Gasteiger partial charge in [0.1, 0.15) is 0 Å². The zero-order chi connectivity index (χ0) is 10.0. The molecule has 0 atom stereocenters. The lowest BCUT2D eigenvalue weighted by atomic mass is 9.50. The van der Waals surface area contributed by atoms with Crippen molar-refractivity contribution >= 4 is 0 Å². The van der Waals surface area contributed by atoms with E-state index in [1.54, 1.807) is 0 Å². The van der Waals surface area contributed by atoms with Gasteiger partial charge >= 0.3 is 0 Å². The van der Waals surface area contributed by atoms with Gasteiger partial charge in [-0.1, -0.05) is 6.92 Å². The van der Waals surface area contributed by atoms with Crippen LogP contribution in [0.3, 0.4) is 0 Å². The van der Waals surface area contributed by atoms with Crippen LogP contribution in [0.1, 0.15) is 32.6 Å². The Morgan fingerprint density at radius 3 is 1.80 bits per heavy atom. The van der Waals surface area contributed by atoms with Crippen molar-refractivity contribution in [3.63, 3.8) is 0 Å². The van der Waals surface area contributed by atoms with Gasteiger partial charge in [-0.25, -0.2) is 0 Å². The van der Waals surface area contributed by atoms with Gasteiger partial charge in [-0.05, 0) is 43.4 Å². The highest BCUT2D eigenvalue weighted by atomic mass is 16.7. The van der Waals surface area contributed by atoms with Crippen LogP contribution in [-0.2, 0) is 9.47 Å². The van der Waals surface area contributed by atoms with Crippen molar-refractivity contribution in [2.75, 3.05) is 13.2 Å². The number of hydrogen-bond donors (Lipinski definition) is 0. The predicted molar refractivity (Wildman–Crippen MR) is 56.2 cm³/mol. The van der Waals surface area contributed by atoms with Gasteiger partial charge in [-0.2, -0.15) is 0 Å². The van der Waals surface area contributed by atoms with Crippen molar-refractivity contribution in [1.29, 1.82) is 0 Å². The lowest BCUT2D eigenvalue weighted by molar-refractivity contribution is -0.295. The molecule has 1 saturated heterocycles. The second-order valence-electron chi connectivity index (χ2n) is 6.13. The fourth-order valence-electron chi connectivity index (χ4n) is 5.00. The van der Waals surface area contributed by atoms with E-state index >= 15 is 0 Å². The van der Waals surface area contributed by atoms with Gasteiger partial charge in [-0.3, -0.25) is 0 Å². The quantitative estimate of drug-likeness (QED) is 0.608. The topological polar surface area (TPSA) is 18.5 Å². The standard InChI is InChI=1S/C13H20O2/c1-8-9-4-11-6-10(8)7-12(5-9)13(11)14-2-3-15-13/h8-12H,2-7H2,1H3. The summed E-state index contributed by atoms with van der Waals surface area (Å²) in [6.07, 6.45) is 5.48. The van der Waals surface area contributed by atoms with Gasteiger partial charge in [0.05, 0.1) is 13.2 Å². The molecule has 0 unspecified atom stereocenters. The SMILES string of the molecule is CC1C2CC3CC1CC(C2)C31OCCO1. The average Bonchev–Trinajstić information content (AvgIpc) is 2.66. The summed E-state index contributed by atoms with van der Waals surface area (Å²) in [4.78, 5) is 0. The van der Waals surface area contributed by atoms with E-state index in [0.717, 1.165) is 42.8 Å². The molecule has 84 valence electrons. The summed E-state index contributed by atoms with van der Waals surface area (Å²) < 4.78 is 12.1. The molecule has 4 saturated carbocycles. The minimum absolute atomic E-state index is 0.118. The molecule has 0 amide bonds. The van der Waals surface area contributed by atoms with Gasteiger partial charge in [0, 0.05) is 11.8 Å². The Kier molecular flexibility index (Phi) is 1.67. The lowest BCUT2D eigenvalue weighted by Crippen LogP contribution is -2.60. The highest BCUT2D eigenvalue weighted by molar-refractivity contribution is 5.06. The summed E-state index contributed by atoms with van der Waals surface area (Å²) in [5, 5.41) is 0. The summed E-state index contributed by atoms with van der Waals surface area (Å²) in [5.41, 5.74) is 0. The summed E-state index contributed by atoms with van der Waals surface area (Å²) in [5.74, 6) is 4.25. The Hall–Kier alpha value is -0.0800. The Balaban J connectivity index is 1.71. The molecule has 0 aromatic carbocycles. The molecule has 15 heavy (non-hydrogen) atoms. The summed E-state index contributed by atoms with van der Waals surface area (Å²) >= 11 is 0. The van der Waals surface area contributed by atoms with E-state index in [1.165, 1.54) is 25.7 Å². The maximum Gasteiger partial charge on any atom is 0.174 e. The molecule has 2 heteroatoms. The summed E-state index contributed by atoms with van der Waals surface area (Å²) in [6, 6.07) is 0. The summed E-state index contributed by atoms with van der Waals surface area (Å²) in [6.45, 7) is 4.13. The van der Waals surface area contributed by atoms with Crippen LogP contribution in [-0.4, -0.2) is 19.0 Å². The van der Waals surface area contributed by atoms with Gasteiger partial charge in [0.25, 0.3) is 0 Å². The molecule has 1 spiro atoms. The average molecular weight is 208 g/mol. The fraction of sp³-hybridized carbons (Fsp3) is 1.00. The number of ether oxygens (including phenoxy) is 2. The van der Waals surface area contributed by atoms with Crippen molar-refractivity contribution in [3.05, 3.63) is 0 Å². The highest BCUT2D eigenvalue weighted by Crippen LogP contribution is 2.62. The van der Waals surface area contributed by atoms with Crippen molar-refractivity contribution < 1.29 is 9.47 Å². The molecule has 0 aromatic heterocycles. The maximum absolute atomic E-state index is 6.03. The van der Waals surface area contributed by atoms with Crippen molar-refractivity contribution in [3.8, 4) is 0 Å². The van der Waals surface area contributed by atoms with Crippen molar-refractivity contribution in [1.82, 2.24) is 0 Å². The molecule has 0 aromatic rings. The largest absolute Gasteiger partial charge is 0.347 e. The van der Waals surface area contributed by atoms with Crippen molar-refractivity contribution in [2.45, 2.75) is 38.4 Å². The first-order valence-corrected chi connectivity index (χ1v) is 6.57. The minimum Gasteiger partial charge on any atom is -0.347 e. The Morgan fingerprint density at radius 1 is 0.867 bits per heavy atom. The Bertz CT molecular complexity index is 248. The molecular weight excluding hydrogens is 188 g/mol. The molecule has 5 fully saturated rings. The van der Waals surface area contributed by atoms with Crippen LogP contribution < -0.4 is 0 Å². The van der Waals surface area contributed by atoms with Crippen LogP contribution in [0.15, 0.2) is 0 Å². The van der Waals surface area contributed by atoms with Gasteiger partial charge in [0.15, 0.2) is 5.79 Å². The van der Waals surface area contributed by atoms with E-state index in [-0.39, 0.29) is 5.79 Å². The minimum atomic E-state index is -0.118. The van der Waals surface area contributed by atoms with Crippen LogP contribution >= 0.6 is 0 Å². The van der Waals surface area contributed by atoms with E-state index in [9.17, 15) is 0 Å². The fourth-order valence-corrected chi connectivity index (χ4v) is 5.00. The second kappa shape index (κ2) is 2.78. The molecule has 1 aliphatic heterocycles. The molecule has 5 aliphatic rings. The van der Waals surface area contributed by atoms with Crippen LogP contribution in [0.4, 0.5) is 0 Å². The van der Waals surface area contributed by atoms with Crippen LogP contribution in [0.5, 0.6) is 0 Å². The molecule has 0 radical (unpaired) electrons. The first kappa shape index (κ1) is 9.00. The van der Waals surface area contributed by atoms with Crippen LogP contribution in [0.2, 0.25) is 0 Å². The highest BCUT2D eigenvalue weighted by Gasteiger charge is 2.62. The van der Waals surface area contributed by atoms with E-state index in [2.05, 4.69) is 6.92 Å². The van der Waals surface area contributed by atoms with E-state index in [1.807, 2.05) is 0 Å². The normalized spacial score (nSPS) is 55.4. The van der Waals surface area contributed by atoms with Gasteiger partial charge in [-0.15, -0.1) is 0 Å². The Morgan fingerprint density at radius 2 is 1.33 bits per heavy atom. The predicted octanol–water partition coefficient (Wildman–Crippen LogP) is 2.43. The first-order valence-electron chi connectivity index (χ1n) is 6.57. The second-order valence-corrected chi connectivity index (χ2v) is 6.13. The number of hydrogen-bond acceptors (Lipinski definition) is 2. The van der Waals surface area contributed by atoms with Gasteiger partial charge in [0.2, 0.25) is 0 Å². The van der Waals surface area contributed by atoms with Crippen molar-refractivity contribution in [2.24, 2.45) is 29.6 Å². The molecular formula is C13H20O2. The maximum atomic E-state index is 6.03.